The fourth-order valence-corrected chi connectivity index (χ4v) is 4.20. The van der Waals surface area contributed by atoms with Crippen LogP contribution in [0.3, 0.4) is 0 Å². The Morgan fingerprint density at radius 3 is 2.58 bits per heavy atom. The lowest BCUT2D eigenvalue weighted by molar-refractivity contribution is -0.125. The van der Waals surface area contributed by atoms with E-state index in [1.165, 1.54) is 6.42 Å². The van der Waals surface area contributed by atoms with E-state index in [2.05, 4.69) is 12.2 Å². The van der Waals surface area contributed by atoms with Gasteiger partial charge in [-0.2, -0.15) is 0 Å². The molecular weight excluding hydrogens is 388 g/mol. The summed E-state index contributed by atoms with van der Waals surface area (Å²) in [6, 6.07) is 17.4. The number of nitrogens with zero attached hydrogens (tertiary/aromatic N) is 1. The number of hydrogen-bond acceptors (Lipinski definition) is 4. The summed E-state index contributed by atoms with van der Waals surface area (Å²) in [6.45, 7) is 3.91. The van der Waals surface area contributed by atoms with E-state index in [1.807, 2.05) is 55.5 Å². The SMILES string of the molecule is Cc1ccc(-c2cc(C(=O)OCC(=O)N[C@@H]3CCCC[C@@H]3C)c3ccccc3n2)cc1. The Balaban J connectivity index is 1.52. The maximum atomic E-state index is 12.9. The first-order valence-corrected chi connectivity index (χ1v) is 10.9. The lowest BCUT2D eigenvalue weighted by Crippen LogP contribution is -2.42. The molecule has 0 aliphatic heterocycles. The van der Waals surface area contributed by atoms with Crippen molar-refractivity contribution in [3.63, 3.8) is 0 Å². The minimum Gasteiger partial charge on any atom is -0.452 e. The zero-order valence-electron chi connectivity index (χ0n) is 18.1. The fourth-order valence-electron chi connectivity index (χ4n) is 4.20. The minimum atomic E-state index is -0.515. The van der Waals surface area contributed by atoms with Gasteiger partial charge in [0, 0.05) is 17.0 Å². The van der Waals surface area contributed by atoms with Crippen LogP contribution in [0.15, 0.2) is 54.6 Å². The molecule has 160 valence electrons. The molecule has 4 rings (SSSR count). The zero-order valence-corrected chi connectivity index (χ0v) is 18.1. The van der Waals surface area contributed by atoms with Crippen LogP contribution in [0.5, 0.6) is 0 Å². The molecule has 1 heterocycles. The first-order chi connectivity index (χ1) is 15.0. The Hall–Kier alpha value is -3.21. The number of aryl methyl sites for hydroxylation is 1. The van der Waals surface area contributed by atoms with Crippen molar-refractivity contribution in [2.24, 2.45) is 5.92 Å². The second kappa shape index (κ2) is 9.29. The van der Waals surface area contributed by atoms with Crippen molar-refractivity contribution in [3.05, 3.63) is 65.7 Å². The van der Waals surface area contributed by atoms with E-state index in [-0.39, 0.29) is 18.6 Å². The number of aromatic nitrogens is 1. The van der Waals surface area contributed by atoms with E-state index in [0.717, 1.165) is 30.4 Å². The Labute approximate surface area is 182 Å². The molecule has 0 unspecified atom stereocenters. The molecule has 0 saturated heterocycles. The molecule has 1 aliphatic carbocycles. The summed E-state index contributed by atoms with van der Waals surface area (Å²) in [6.07, 6.45) is 4.44. The molecule has 1 N–H and O–H groups in total. The van der Waals surface area contributed by atoms with Crippen molar-refractivity contribution in [2.45, 2.75) is 45.6 Å². The molecule has 2 atom stereocenters. The van der Waals surface area contributed by atoms with Crippen LogP contribution >= 0.6 is 0 Å². The third-order valence-electron chi connectivity index (χ3n) is 6.08. The molecule has 0 spiro atoms. The van der Waals surface area contributed by atoms with Crippen molar-refractivity contribution >= 4 is 22.8 Å². The Morgan fingerprint density at radius 1 is 1.06 bits per heavy atom. The molecule has 1 fully saturated rings. The molecule has 1 aromatic heterocycles. The average Bonchev–Trinajstić information content (AvgIpc) is 2.79. The maximum absolute atomic E-state index is 12.9. The van der Waals surface area contributed by atoms with Crippen LogP contribution in [0.4, 0.5) is 0 Å². The van der Waals surface area contributed by atoms with Gasteiger partial charge < -0.3 is 10.1 Å². The van der Waals surface area contributed by atoms with Gasteiger partial charge in [-0.05, 0) is 37.8 Å². The van der Waals surface area contributed by atoms with Gasteiger partial charge in [-0.3, -0.25) is 4.79 Å². The number of carbonyl (C=O) groups is 2. The monoisotopic (exact) mass is 416 g/mol. The summed E-state index contributed by atoms with van der Waals surface area (Å²) in [5, 5.41) is 3.74. The highest BCUT2D eigenvalue weighted by atomic mass is 16.5. The first-order valence-electron chi connectivity index (χ1n) is 10.9. The standard InChI is InChI=1S/C26H28N2O3/c1-17-11-13-19(14-12-17)24-15-21(20-8-4-6-10-23(20)27-24)26(30)31-16-25(29)28-22-9-5-3-7-18(22)2/h4,6,8,10-15,18,22H,3,5,7,9,16H2,1-2H3,(H,28,29)/t18-,22+/m0/s1. The number of amides is 1. The van der Waals surface area contributed by atoms with Gasteiger partial charge in [-0.25, -0.2) is 9.78 Å². The smallest absolute Gasteiger partial charge is 0.339 e. The summed E-state index contributed by atoms with van der Waals surface area (Å²) in [5.74, 6) is -0.308. The van der Waals surface area contributed by atoms with E-state index in [9.17, 15) is 9.59 Å². The Morgan fingerprint density at radius 2 is 1.81 bits per heavy atom. The Bertz CT molecular complexity index is 1090. The largest absolute Gasteiger partial charge is 0.452 e. The lowest BCUT2D eigenvalue weighted by Gasteiger charge is -2.29. The van der Waals surface area contributed by atoms with Gasteiger partial charge in [0.2, 0.25) is 0 Å². The first kappa shape index (κ1) is 21.0. The number of carbonyl (C=O) groups excluding carboxylic acids is 2. The van der Waals surface area contributed by atoms with Crippen LogP contribution in [0.1, 0.15) is 48.5 Å². The zero-order chi connectivity index (χ0) is 21.8. The van der Waals surface area contributed by atoms with Gasteiger partial charge in [0.25, 0.3) is 5.91 Å². The van der Waals surface area contributed by atoms with Crippen LogP contribution in [-0.4, -0.2) is 29.5 Å². The Kier molecular flexibility index (Phi) is 6.31. The average molecular weight is 417 g/mol. The van der Waals surface area contributed by atoms with Crippen molar-refractivity contribution < 1.29 is 14.3 Å². The molecular formula is C26H28N2O3. The molecule has 3 aromatic rings. The second-order valence-corrected chi connectivity index (χ2v) is 8.45. The second-order valence-electron chi connectivity index (χ2n) is 8.45. The van der Waals surface area contributed by atoms with Gasteiger partial charge >= 0.3 is 5.97 Å². The van der Waals surface area contributed by atoms with Crippen LogP contribution in [0.2, 0.25) is 0 Å². The maximum Gasteiger partial charge on any atom is 0.339 e. The predicted octanol–water partition coefficient (Wildman–Crippen LogP) is 5.06. The molecule has 1 amide bonds. The van der Waals surface area contributed by atoms with E-state index in [1.54, 1.807) is 6.07 Å². The van der Waals surface area contributed by atoms with Crippen LogP contribution in [0.25, 0.3) is 22.2 Å². The minimum absolute atomic E-state index is 0.162. The highest BCUT2D eigenvalue weighted by molar-refractivity contribution is 6.05. The third-order valence-corrected chi connectivity index (χ3v) is 6.08. The van der Waals surface area contributed by atoms with Crippen LogP contribution in [-0.2, 0) is 9.53 Å². The van der Waals surface area contributed by atoms with Gasteiger partial charge in [0.05, 0.1) is 16.8 Å². The normalized spacial score (nSPS) is 18.5. The molecule has 0 bridgehead atoms. The van der Waals surface area contributed by atoms with Crippen LogP contribution in [0, 0.1) is 12.8 Å². The summed E-state index contributed by atoms with van der Waals surface area (Å²) >= 11 is 0. The highest BCUT2D eigenvalue weighted by Gasteiger charge is 2.23. The highest BCUT2D eigenvalue weighted by Crippen LogP contribution is 2.26. The summed E-state index contributed by atoms with van der Waals surface area (Å²) in [7, 11) is 0. The predicted molar refractivity (Wildman–Crippen MR) is 122 cm³/mol. The number of para-hydroxylation sites is 1. The number of nitrogens with one attached hydrogen (secondary N) is 1. The summed E-state index contributed by atoms with van der Waals surface area (Å²) < 4.78 is 5.41. The van der Waals surface area contributed by atoms with Crippen molar-refractivity contribution in [2.75, 3.05) is 6.61 Å². The van der Waals surface area contributed by atoms with Gasteiger partial charge in [0.15, 0.2) is 6.61 Å². The number of rotatable bonds is 5. The van der Waals surface area contributed by atoms with Crippen molar-refractivity contribution in [1.82, 2.24) is 10.3 Å². The number of pyridine rings is 1. The number of hydrogen-bond donors (Lipinski definition) is 1. The summed E-state index contributed by atoms with van der Waals surface area (Å²) in [4.78, 5) is 30.0. The van der Waals surface area contributed by atoms with E-state index >= 15 is 0 Å². The van der Waals surface area contributed by atoms with Gasteiger partial charge in [-0.1, -0.05) is 67.8 Å². The number of fused-ring (bicyclic) bond motifs is 1. The molecule has 1 saturated carbocycles. The van der Waals surface area contributed by atoms with Crippen molar-refractivity contribution in [1.29, 1.82) is 0 Å². The van der Waals surface area contributed by atoms with E-state index in [0.29, 0.717) is 28.1 Å². The molecule has 5 heteroatoms. The molecule has 31 heavy (non-hydrogen) atoms. The summed E-state index contributed by atoms with van der Waals surface area (Å²) in [5.41, 5.74) is 3.91. The van der Waals surface area contributed by atoms with Crippen LogP contribution < -0.4 is 5.32 Å². The number of ether oxygens (including phenoxy) is 1. The molecule has 5 nitrogen and oxygen atoms in total. The van der Waals surface area contributed by atoms with E-state index in [4.69, 9.17) is 9.72 Å². The van der Waals surface area contributed by atoms with Gasteiger partial charge in [0.1, 0.15) is 0 Å². The number of benzene rings is 2. The topological polar surface area (TPSA) is 68.3 Å². The van der Waals surface area contributed by atoms with E-state index < -0.39 is 5.97 Å². The lowest BCUT2D eigenvalue weighted by atomic mass is 9.86. The molecule has 1 aliphatic rings. The molecule has 0 radical (unpaired) electrons. The number of esters is 1. The fraction of sp³-hybridized carbons (Fsp3) is 0.346. The molecule has 2 aromatic carbocycles. The quantitative estimate of drug-likeness (QED) is 0.590. The third kappa shape index (κ3) is 4.93. The van der Waals surface area contributed by atoms with Gasteiger partial charge in [-0.15, -0.1) is 0 Å². The van der Waals surface area contributed by atoms with Crippen molar-refractivity contribution in [3.8, 4) is 11.3 Å².